The van der Waals surface area contributed by atoms with Gasteiger partial charge in [-0.25, -0.2) is 9.18 Å². The molecular formula is C15H17FN4O. The number of rotatable bonds is 4. The standard InChI is InChI=1S/C15H17FN4O/c1-10(11-7-12(16)9-18-8-11)19-13-3-5-14(6-4-13)20-15(21)17-2/h3-10,19H,1-2H3,(H2,17,20,21). The van der Waals surface area contributed by atoms with Crippen LogP contribution in [0.1, 0.15) is 18.5 Å². The molecule has 1 unspecified atom stereocenters. The van der Waals surface area contributed by atoms with Crippen LogP contribution < -0.4 is 16.0 Å². The van der Waals surface area contributed by atoms with E-state index >= 15 is 0 Å². The number of aromatic nitrogens is 1. The van der Waals surface area contributed by atoms with Gasteiger partial charge in [0.25, 0.3) is 0 Å². The number of carbonyl (C=O) groups is 1. The molecule has 3 N–H and O–H groups in total. The SMILES string of the molecule is CNC(=O)Nc1ccc(NC(C)c2cncc(F)c2)cc1. The highest BCUT2D eigenvalue weighted by Gasteiger charge is 2.07. The van der Waals surface area contributed by atoms with Gasteiger partial charge in [-0.1, -0.05) is 0 Å². The Labute approximate surface area is 122 Å². The van der Waals surface area contributed by atoms with Crippen LogP contribution in [-0.2, 0) is 0 Å². The third-order valence-corrected chi connectivity index (χ3v) is 2.98. The van der Waals surface area contributed by atoms with Gasteiger partial charge in [0.2, 0.25) is 0 Å². The molecule has 110 valence electrons. The van der Waals surface area contributed by atoms with Crippen LogP contribution in [0, 0.1) is 5.82 Å². The highest BCUT2D eigenvalue weighted by Crippen LogP contribution is 2.20. The summed E-state index contributed by atoms with van der Waals surface area (Å²) in [5.74, 6) is -0.355. The molecule has 2 rings (SSSR count). The van der Waals surface area contributed by atoms with Gasteiger partial charge in [0.15, 0.2) is 0 Å². The number of hydrogen-bond donors (Lipinski definition) is 3. The minimum absolute atomic E-state index is 0.0778. The first kappa shape index (κ1) is 14.8. The van der Waals surface area contributed by atoms with E-state index in [1.165, 1.54) is 12.3 Å². The molecule has 21 heavy (non-hydrogen) atoms. The number of benzene rings is 1. The highest BCUT2D eigenvalue weighted by atomic mass is 19.1. The van der Waals surface area contributed by atoms with Crippen molar-refractivity contribution in [2.45, 2.75) is 13.0 Å². The van der Waals surface area contributed by atoms with Gasteiger partial charge in [0, 0.05) is 24.6 Å². The smallest absolute Gasteiger partial charge is 0.318 e. The lowest BCUT2D eigenvalue weighted by Crippen LogP contribution is -2.24. The second kappa shape index (κ2) is 6.69. The Bertz CT molecular complexity index is 615. The van der Waals surface area contributed by atoms with E-state index < -0.39 is 0 Å². The summed E-state index contributed by atoms with van der Waals surface area (Å²) in [4.78, 5) is 15.0. The maximum atomic E-state index is 13.1. The zero-order valence-corrected chi connectivity index (χ0v) is 11.9. The Hall–Kier alpha value is -2.63. The molecule has 0 radical (unpaired) electrons. The second-order valence-corrected chi connectivity index (χ2v) is 4.58. The topological polar surface area (TPSA) is 66.1 Å². The molecule has 0 aliphatic rings. The van der Waals surface area contributed by atoms with E-state index in [1.807, 2.05) is 19.1 Å². The Morgan fingerprint density at radius 1 is 1.19 bits per heavy atom. The van der Waals surface area contributed by atoms with Gasteiger partial charge in [-0.15, -0.1) is 0 Å². The molecule has 2 amide bonds. The summed E-state index contributed by atoms with van der Waals surface area (Å²) >= 11 is 0. The first-order valence-corrected chi connectivity index (χ1v) is 6.54. The van der Waals surface area contributed by atoms with Gasteiger partial charge in [0.1, 0.15) is 5.82 Å². The molecule has 1 aromatic heterocycles. The van der Waals surface area contributed by atoms with Crippen LogP contribution in [-0.4, -0.2) is 18.1 Å². The molecule has 0 saturated heterocycles. The lowest BCUT2D eigenvalue weighted by molar-refractivity contribution is 0.254. The van der Waals surface area contributed by atoms with Crippen LogP contribution in [0.15, 0.2) is 42.7 Å². The Morgan fingerprint density at radius 2 is 1.86 bits per heavy atom. The zero-order chi connectivity index (χ0) is 15.2. The van der Waals surface area contributed by atoms with Crippen molar-refractivity contribution in [2.75, 3.05) is 17.7 Å². The van der Waals surface area contributed by atoms with Gasteiger partial charge < -0.3 is 16.0 Å². The molecule has 0 aliphatic heterocycles. The van der Waals surface area contributed by atoms with Crippen molar-refractivity contribution in [2.24, 2.45) is 0 Å². The van der Waals surface area contributed by atoms with Crippen molar-refractivity contribution in [1.29, 1.82) is 0 Å². The normalized spacial score (nSPS) is 11.6. The number of anilines is 2. The van der Waals surface area contributed by atoms with Crippen LogP contribution >= 0.6 is 0 Å². The fourth-order valence-electron chi connectivity index (χ4n) is 1.84. The number of urea groups is 1. The third kappa shape index (κ3) is 4.17. The fraction of sp³-hybridized carbons (Fsp3) is 0.200. The first-order chi connectivity index (χ1) is 10.1. The van der Waals surface area contributed by atoms with Crippen LogP contribution in [0.25, 0.3) is 0 Å². The summed E-state index contributed by atoms with van der Waals surface area (Å²) in [5.41, 5.74) is 2.33. The van der Waals surface area contributed by atoms with E-state index in [-0.39, 0.29) is 17.9 Å². The van der Waals surface area contributed by atoms with E-state index in [0.29, 0.717) is 5.69 Å². The Balaban J connectivity index is 2.01. The number of hydrogen-bond acceptors (Lipinski definition) is 3. The molecule has 5 nitrogen and oxygen atoms in total. The number of pyridine rings is 1. The van der Waals surface area contributed by atoms with Crippen molar-refractivity contribution < 1.29 is 9.18 Å². The van der Waals surface area contributed by atoms with Crippen LogP contribution in [0.5, 0.6) is 0 Å². The third-order valence-electron chi connectivity index (χ3n) is 2.98. The second-order valence-electron chi connectivity index (χ2n) is 4.58. The Kier molecular flexibility index (Phi) is 4.71. The predicted molar refractivity (Wildman–Crippen MR) is 80.8 cm³/mol. The van der Waals surface area contributed by atoms with Gasteiger partial charge >= 0.3 is 6.03 Å². The number of carbonyl (C=O) groups excluding carboxylic acids is 1. The monoisotopic (exact) mass is 288 g/mol. The molecule has 0 aliphatic carbocycles. The minimum atomic E-state index is -0.355. The van der Waals surface area contributed by atoms with Gasteiger partial charge in [-0.05, 0) is 42.8 Å². The van der Waals surface area contributed by atoms with Crippen LogP contribution in [0.3, 0.4) is 0 Å². The maximum Gasteiger partial charge on any atom is 0.318 e. The molecule has 0 saturated carbocycles. The summed E-state index contributed by atoms with van der Waals surface area (Å²) in [6.07, 6.45) is 2.80. The van der Waals surface area contributed by atoms with Crippen LogP contribution in [0.4, 0.5) is 20.6 Å². The molecule has 0 spiro atoms. The van der Waals surface area contributed by atoms with Crippen molar-refractivity contribution in [3.05, 3.63) is 54.1 Å². The zero-order valence-electron chi connectivity index (χ0n) is 11.9. The molecule has 0 fully saturated rings. The average molecular weight is 288 g/mol. The minimum Gasteiger partial charge on any atom is -0.378 e. The van der Waals surface area contributed by atoms with Crippen molar-refractivity contribution >= 4 is 17.4 Å². The van der Waals surface area contributed by atoms with Crippen molar-refractivity contribution in [3.63, 3.8) is 0 Å². The molecule has 1 atom stereocenters. The molecule has 6 heteroatoms. The average Bonchev–Trinajstić information content (AvgIpc) is 2.49. The van der Waals surface area contributed by atoms with Gasteiger partial charge in [-0.3, -0.25) is 4.98 Å². The van der Waals surface area contributed by atoms with E-state index in [4.69, 9.17) is 0 Å². The van der Waals surface area contributed by atoms with Crippen molar-refractivity contribution in [1.82, 2.24) is 10.3 Å². The lowest BCUT2D eigenvalue weighted by atomic mass is 10.1. The molecule has 0 bridgehead atoms. The molecule has 1 aromatic carbocycles. The molecule has 1 heterocycles. The van der Waals surface area contributed by atoms with E-state index in [0.717, 1.165) is 11.3 Å². The summed E-state index contributed by atoms with van der Waals surface area (Å²) < 4.78 is 13.1. The van der Waals surface area contributed by atoms with E-state index in [2.05, 4.69) is 20.9 Å². The van der Waals surface area contributed by atoms with Gasteiger partial charge in [-0.2, -0.15) is 0 Å². The predicted octanol–water partition coefficient (Wildman–Crippen LogP) is 3.15. The van der Waals surface area contributed by atoms with Crippen molar-refractivity contribution in [3.8, 4) is 0 Å². The van der Waals surface area contributed by atoms with Gasteiger partial charge in [0.05, 0.1) is 12.2 Å². The first-order valence-electron chi connectivity index (χ1n) is 6.54. The molecular weight excluding hydrogens is 271 g/mol. The largest absolute Gasteiger partial charge is 0.378 e. The number of nitrogens with one attached hydrogen (secondary N) is 3. The number of halogens is 1. The van der Waals surface area contributed by atoms with Crippen LogP contribution in [0.2, 0.25) is 0 Å². The Morgan fingerprint density at radius 3 is 2.48 bits per heavy atom. The maximum absolute atomic E-state index is 13.1. The summed E-state index contributed by atoms with van der Waals surface area (Å²) in [5, 5.41) is 8.40. The molecule has 2 aromatic rings. The number of amides is 2. The lowest BCUT2D eigenvalue weighted by Gasteiger charge is -2.15. The summed E-state index contributed by atoms with van der Waals surface area (Å²) in [7, 11) is 1.56. The van der Waals surface area contributed by atoms with E-state index in [1.54, 1.807) is 25.4 Å². The fourth-order valence-corrected chi connectivity index (χ4v) is 1.84. The van der Waals surface area contributed by atoms with E-state index in [9.17, 15) is 9.18 Å². The number of nitrogens with zero attached hydrogens (tertiary/aromatic N) is 1. The quantitative estimate of drug-likeness (QED) is 0.809. The summed E-state index contributed by atoms with van der Waals surface area (Å²) in [6.45, 7) is 1.92. The highest BCUT2D eigenvalue weighted by molar-refractivity contribution is 5.89. The summed E-state index contributed by atoms with van der Waals surface area (Å²) in [6, 6.07) is 8.36.